The van der Waals surface area contributed by atoms with Gasteiger partial charge in [-0.3, -0.25) is 9.59 Å². The molecule has 2 aromatic carbocycles. The van der Waals surface area contributed by atoms with Crippen molar-refractivity contribution >= 4 is 34.9 Å². The highest BCUT2D eigenvalue weighted by Gasteiger charge is 2.26. The molecule has 1 aromatic heterocycles. The van der Waals surface area contributed by atoms with Gasteiger partial charge in [0, 0.05) is 54.8 Å². The molecule has 0 spiro atoms. The van der Waals surface area contributed by atoms with Gasteiger partial charge in [-0.1, -0.05) is 6.07 Å². The van der Waals surface area contributed by atoms with Crippen LogP contribution in [-0.4, -0.2) is 43.7 Å². The number of ether oxygens (including phenoxy) is 2. The number of carbonyl (C=O) groups is 3. The molecule has 1 aliphatic heterocycles. The normalized spacial score (nSPS) is 12.7. The molecule has 4 rings (SSSR count). The molecule has 1 amide bonds. The van der Waals surface area contributed by atoms with Gasteiger partial charge in [-0.05, 0) is 49.2 Å². The maximum absolute atomic E-state index is 12.7. The second kappa shape index (κ2) is 9.69. The lowest BCUT2D eigenvalue weighted by atomic mass is 9.94. The van der Waals surface area contributed by atoms with Crippen LogP contribution in [0.2, 0.25) is 0 Å². The number of fused-ring (bicyclic) bond motifs is 1. The topological polar surface area (TPSA) is 107 Å². The number of nitrogens with zero attached hydrogens (tertiary/aromatic N) is 2. The summed E-state index contributed by atoms with van der Waals surface area (Å²) in [5.74, 6) is -1.38. The van der Waals surface area contributed by atoms with Gasteiger partial charge in [0.05, 0.1) is 31.0 Å². The van der Waals surface area contributed by atoms with E-state index in [-0.39, 0.29) is 22.6 Å². The third-order valence-electron chi connectivity index (χ3n) is 6.36. The van der Waals surface area contributed by atoms with Crippen molar-refractivity contribution in [1.29, 1.82) is 0 Å². The van der Waals surface area contributed by atoms with Crippen molar-refractivity contribution in [1.82, 2.24) is 4.57 Å². The number of esters is 2. The summed E-state index contributed by atoms with van der Waals surface area (Å²) in [7, 11) is 5.88. The van der Waals surface area contributed by atoms with Gasteiger partial charge in [0.1, 0.15) is 0 Å². The minimum atomic E-state index is -0.705. The van der Waals surface area contributed by atoms with Gasteiger partial charge in [0.2, 0.25) is 5.91 Å². The summed E-state index contributed by atoms with van der Waals surface area (Å²) in [6.45, 7) is 1.75. The number of aromatic nitrogens is 1. The van der Waals surface area contributed by atoms with Crippen molar-refractivity contribution in [3.8, 4) is 11.1 Å². The fraction of sp³-hybridized carbons (Fsp3) is 0.259. The molecule has 3 aromatic rings. The largest absolute Gasteiger partial charge is 0.465 e. The van der Waals surface area contributed by atoms with Gasteiger partial charge in [0.25, 0.3) is 5.56 Å². The Morgan fingerprint density at radius 2 is 1.67 bits per heavy atom. The monoisotopic (exact) mass is 489 g/mol. The standard InChI is InChI=1S/C27H27N3O6/c1-15-11-17(14-29(2)25(15)32)19-12-16-9-10-23(31)30(3)22(16)13-21(19)28-20-8-6-7-18(26(33)35-4)24(20)27(34)36-5/h6-8,11-14,28H,9-10H2,1-5H3. The zero-order valence-corrected chi connectivity index (χ0v) is 20.8. The van der Waals surface area contributed by atoms with Crippen LogP contribution in [0.1, 0.15) is 38.3 Å². The lowest BCUT2D eigenvalue weighted by molar-refractivity contribution is -0.118. The summed E-state index contributed by atoms with van der Waals surface area (Å²) in [5.41, 5.74) is 4.75. The van der Waals surface area contributed by atoms with Crippen molar-refractivity contribution < 1.29 is 23.9 Å². The number of amides is 1. The van der Waals surface area contributed by atoms with Crippen LogP contribution in [-0.2, 0) is 27.7 Å². The fourth-order valence-corrected chi connectivity index (χ4v) is 4.46. The van der Waals surface area contributed by atoms with E-state index in [1.54, 1.807) is 50.3 Å². The Morgan fingerprint density at radius 1 is 0.944 bits per heavy atom. The first-order valence-electron chi connectivity index (χ1n) is 11.3. The van der Waals surface area contributed by atoms with Crippen LogP contribution < -0.4 is 15.8 Å². The molecule has 9 nitrogen and oxygen atoms in total. The Bertz CT molecular complexity index is 1430. The second-order valence-electron chi connectivity index (χ2n) is 8.64. The van der Waals surface area contributed by atoms with Crippen LogP contribution in [0, 0.1) is 6.92 Å². The van der Waals surface area contributed by atoms with Crippen molar-refractivity contribution in [2.24, 2.45) is 7.05 Å². The van der Waals surface area contributed by atoms with Crippen LogP contribution in [0.5, 0.6) is 0 Å². The first-order valence-corrected chi connectivity index (χ1v) is 11.3. The van der Waals surface area contributed by atoms with E-state index in [0.29, 0.717) is 29.8 Å². The summed E-state index contributed by atoms with van der Waals surface area (Å²) in [6, 6.07) is 10.4. The minimum absolute atomic E-state index is 0.00194. The predicted molar refractivity (Wildman–Crippen MR) is 136 cm³/mol. The summed E-state index contributed by atoms with van der Waals surface area (Å²) in [6.07, 6.45) is 2.73. The van der Waals surface area contributed by atoms with Gasteiger partial charge >= 0.3 is 11.9 Å². The Balaban J connectivity index is 1.96. The molecule has 0 bridgehead atoms. The molecule has 0 saturated heterocycles. The van der Waals surface area contributed by atoms with E-state index in [1.807, 2.05) is 12.1 Å². The highest BCUT2D eigenvalue weighted by atomic mass is 16.5. The van der Waals surface area contributed by atoms with Crippen molar-refractivity contribution in [2.75, 3.05) is 31.5 Å². The van der Waals surface area contributed by atoms with Crippen molar-refractivity contribution in [2.45, 2.75) is 19.8 Å². The molecule has 0 saturated carbocycles. The minimum Gasteiger partial charge on any atom is -0.465 e. The van der Waals surface area contributed by atoms with Gasteiger partial charge in [0.15, 0.2) is 0 Å². The van der Waals surface area contributed by atoms with E-state index in [0.717, 1.165) is 22.4 Å². The molecule has 1 N–H and O–H groups in total. The number of hydrogen-bond acceptors (Lipinski definition) is 7. The summed E-state index contributed by atoms with van der Waals surface area (Å²) in [5, 5.41) is 3.28. The summed E-state index contributed by atoms with van der Waals surface area (Å²) in [4.78, 5) is 51.4. The van der Waals surface area contributed by atoms with Crippen LogP contribution in [0.25, 0.3) is 11.1 Å². The molecule has 0 atom stereocenters. The van der Waals surface area contributed by atoms with Crippen molar-refractivity contribution in [3.05, 3.63) is 75.2 Å². The number of methoxy groups -OCH3 is 2. The third-order valence-corrected chi connectivity index (χ3v) is 6.36. The number of hydrogen-bond donors (Lipinski definition) is 1. The number of carbonyl (C=O) groups excluding carboxylic acids is 3. The highest BCUT2D eigenvalue weighted by molar-refractivity contribution is 6.08. The average Bonchev–Trinajstić information content (AvgIpc) is 2.88. The zero-order valence-electron chi connectivity index (χ0n) is 20.8. The van der Waals surface area contributed by atoms with Crippen LogP contribution >= 0.6 is 0 Å². The molecule has 0 radical (unpaired) electrons. The number of pyridine rings is 1. The van der Waals surface area contributed by atoms with Gasteiger partial charge < -0.3 is 24.3 Å². The highest BCUT2D eigenvalue weighted by Crippen LogP contribution is 2.39. The fourth-order valence-electron chi connectivity index (χ4n) is 4.46. The third kappa shape index (κ3) is 4.35. The quantitative estimate of drug-likeness (QED) is 0.546. The van der Waals surface area contributed by atoms with E-state index in [9.17, 15) is 19.2 Å². The van der Waals surface area contributed by atoms with Crippen LogP contribution in [0.4, 0.5) is 17.1 Å². The first kappa shape index (κ1) is 24.7. The maximum atomic E-state index is 12.7. The van der Waals surface area contributed by atoms with Crippen molar-refractivity contribution in [3.63, 3.8) is 0 Å². The van der Waals surface area contributed by atoms with E-state index in [2.05, 4.69) is 5.32 Å². The predicted octanol–water partition coefficient (Wildman–Crippen LogP) is 3.59. The Kier molecular flexibility index (Phi) is 6.65. The first-order chi connectivity index (χ1) is 17.2. The molecule has 186 valence electrons. The number of nitrogens with one attached hydrogen (secondary N) is 1. The number of anilines is 3. The van der Waals surface area contributed by atoms with Gasteiger partial charge in [-0.15, -0.1) is 0 Å². The van der Waals surface area contributed by atoms with Gasteiger partial charge in [-0.25, -0.2) is 9.59 Å². The Labute approximate surface area is 208 Å². The number of benzene rings is 2. The molecular weight excluding hydrogens is 462 g/mol. The molecular formula is C27H27N3O6. The summed E-state index contributed by atoms with van der Waals surface area (Å²) < 4.78 is 11.3. The SMILES string of the molecule is COC(=O)c1cccc(Nc2cc3c(cc2-c2cc(C)c(=O)n(C)c2)CCC(=O)N3C)c1C(=O)OC. The zero-order chi connectivity index (χ0) is 26.1. The van der Waals surface area contributed by atoms with E-state index >= 15 is 0 Å². The molecule has 0 fully saturated rings. The van der Waals surface area contributed by atoms with Crippen LogP contribution in [0.15, 0.2) is 47.4 Å². The lowest BCUT2D eigenvalue weighted by Gasteiger charge is -2.28. The van der Waals surface area contributed by atoms with Gasteiger partial charge in [-0.2, -0.15) is 0 Å². The Morgan fingerprint density at radius 3 is 2.33 bits per heavy atom. The summed E-state index contributed by atoms with van der Waals surface area (Å²) >= 11 is 0. The van der Waals surface area contributed by atoms with Crippen LogP contribution in [0.3, 0.4) is 0 Å². The van der Waals surface area contributed by atoms with E-state index in [4.69, 9.17) is 9.47 Å². The molecule has 1 aliphatic rings. The molecule has 9 heteroatoms. The lowest BCUT2D eigenvalue weighted by Crippen LogP contribution is -2.31. The smallest absolute Gasteiger partial charge is 0.340 e. The molecule has 0 aliphatic carbocycles. The van der Waals surface area contributed by atoms with E-state index < -0.39 is 11.9 Å². The number of aryl methyl sites for hydroxylation is 3. The van der Waals surface area contributed by atoms with E-state index in [1.165, 1.54) is 24.9 Å². The average molecular weight is 490 g/mol. The number of rotatable bonds is 5. The molecule has 0 unspecified atom stereocenters. The molecule has 36 heavy (non-hydrogen) atoms. The Hall–Kier alpha value is -4.40. The second-order valence-corrected chi connectivity index (χ2v) is 8.64. The maximum Gasteiger partial charge on any atom is 0.340 e. The molecule has 2 heterocycles.